The molecule has 9 heteroatoms. The summed E-state index contributed by atoms with van der Waals surface area (Å²) < 4.78 is 39.1. The lowest BCUT2D eigenvalue weighted by Crippen LogP contribution is -2.30. The number of carbonyl (C=O) groups is 1. The smallest absolute Gasteiger partial charge is 0.318 e. The van der Waals surface area contributed by atoms with E-state index < -0.39 is 12.1 Å². The van der Waals surface area contributed by atoms with Crippen molar-refractivity contribution in [2.24, 2.45) is 0 Å². The number of fused-ring (bicyclic) bond motifs is 1. The van der Waals surface area contributed by atoms with Crippen molar-refractivity contribution in [1.82, 2.24) is 19.6 Å². The summed E-state index contributed by atoms with van der Waals surface area (Å²) in [5.41, 5.74) is 1.59. The molecule has 0 aliphatic rings. The number of anilines is 1. The zero-order chi connectivity index (χ0) is 17.5. The molecular weight excluding hydrogens is 323 g/mol. The van der Waals surface area contributed by atoms with Gasteiger partial charge in [0, 0.05) is 5.56 Å². The Hall–Kier alpha value is -2.97. The van der Waals surface area contributed by atoms with Crippen LogP contribution in [0.5, 0.6) is 0 Å². The molecule has 0 aliphatic carbocycles. The van der Waals surface area contributed by atoms with Crippen LogP contribution in [0.1, 0.15) is 11.5 Å². The first-order valence-electron chi connectivity index (χ1n) is 6.94. The molecular formula is C15H12F3N5O. The molecule has 24 heavy (non-hydrogen) atoms. The van der Waals surface area contributed by atoms with Crippen molar-refractivity contribution in [3.63, 3.8) is 0 Å². The van der Waals surface area contributed by atoms with E-state index in [1.165, 1.54) is 16.6 Å². The zero-order valence-electron chi connectivity index (χ0n) is 12.7. The van der Waals surface area contributed by atoms with Crippen LogP contribution in [0.2, 0.25) is 0 Å². The van der Waals surface area contributed by atoms with Crippen LogP contribution in [0.3, 0.4) is 0 Å². The number of amides is 1. The van der Waals surface area contributed by atoms with E-state index in [1.807, 2.05) is 5.32 Å². The molecule has 6 nitrogen and oxygen atoms in total. The highest BCUT2D eigenvalue weighted by Crippen LogP contribution is 2.29. The van der Waals surface area contributed by atoms with E-state index in [4.69, 9.17) is 0 Å². The number of nitrogens with one attached hydrogen (secondary N) is 1. The van der Waals surface area contributed by atoms with E-state index in [0.29, 0.717) is 28.4 Å². The third-order valence-electron chi connectivity index (χ3n) is 3.37. The number of aromatic nitrogens is 4. The van der Waals surface area contributed by atoms with E-state index in [9.17, 15) is 18.0 Å². The van der Waals surface area contributed by atoms with Crippen molar-refractivity contribution < 1.29 is 18.0 Å². The predicted octanol–water partition coefficient (Wildman–Crippen LogP) is 2.91. The second kappa shape index (κ2) is 5.59. The number of imidazole rings is 1. The zero-order valence-corrected chi connectivity index (χ0v) is 12.7. The Balaban J connectivity index is 2.14. The van der Waals surface area contributed by atoms with Crippen molar-refractivity contribution in [3.8, 4) is 11.4 Å². The van der Waals surface area contributed by atoms with E-state index in [2.05, 4.69) is 15.1 Å². The Kier molecular flexibility index (Phi) is 3.70. The molecule has 0 aliphatic heterocycles. The van der Waals surface area contributed by atoms with Crippen LogP contribution < -0.4 is 5.32 Å². The van der Waals surface area contributed by atoms with Gasteiger partial charge in [-0.25, -0.2) is 14.5 Å². The number of hydrogen-bond acceptors (Lipinski definition) is 4. The molecule has 0 bridgehead atoms. The average molecular weight is 335 g/mol. The van der Waals surface area contributed by atoms with E-state index in [-0.39, 0.29) is 5.69 Å². The molecule has 0 fully saturated rings. The van der Waals surface area contributed by atoms with Crippen molar-refractivity contribution in [2.45, 2.75) is 20.0 Å². The topological polar surface area (TPSA) is 72.2 Å². The number of nitrogens with zero attached hydrogens (tertiary/aromatic N) is 4. The normalized spacial score (nSPS) is 11.7. The molecule has 0 saturated carbocycles. The minimum atomic E-state index is -4.98. The summed E-state index contributed by atoms with van der Waals surface area (Å²) in [7, 11) is 0. The monoisotopic (exact) mass is 335 g/mol. The summed E-state index contributed by atoms with van der Waals surface area (Å²) in [6.45, 7) is 3.43. The number of para-hydroxylation sites is 1. The van der Waals surface area contributed by atoms with Gasteiger partial charge in [-0.1, -0.05) is 12.1 Å². The lowest BCUT2D eigenvalue weighted by atomic mass is 10.1. The first-order valence-corrected chi connectivity index (χ1v) is 6.94. The highest BCUT2D eigenvalue weighted by molar-refractivity contribution is 5.98. The number of halogens is 3. The predicted molar refractivity (Wildman–Crippen MR) is 80.4 cm³/mol. The van der Waals surface area contributed by atoms with Gasteiger partial charge in [0.2, 0.25) is 0 Å². The number of benzene rings is 1. The van der Waals surface area contributed by atoms with Crippen LogP contribution in [-0.4, -0.2) is 31.7 Å². The SMILES string of the molecule is Cc1ncc2c(C)nc(-c3ccccc3NC(=O)C(F)(F)F)n2n1. The van der Waals surface area contributed by atoms with Gasteiger partial charge in [0.05, 0.1) is 17.6 Å². The molecule has 124 valence electrons. The van der Waals surface area contributed by atoms with Crippen LogP contribution in [0, 0.1) is 13.8 Å². The Morgan fingerprint density at radius 3 is 2.62 bits per heavy atom. The number of carbonyl (C=O) groups excluding carboxylic acids is 1. The van der Waals surface area contributed by atoms with Crippen molar-refractivity contribution >= 4 is 17.1 Å². The second-order valence-corrected chi connectivity index (χ2v) is 5.12. The maximum Gasteiger partial charge on any atom is 0.471 e. The summed E-state index contributed by atoms with van der Waals surface area (Å²) in [5.74, 6) is -1.23. The molecule has 0 saturated heterocycles. The van der Waals surface area contributed by atoms with Gasteiger partial charge in [0.1, 0.15) is 11.3 Å². The molecule has 0 atom stereocenters. The molecule has 2 heterocycles. The van der Waals surface area contributed by atoms with E-state index >= 15 is 0 Å². The quantitative estimate of drug-likeness (QED) is 0.782. The standard InChI is InChI=1S/C15H12F3N5O/c1-8-12-7-19-9(2)22-23(12)13(20-8)10-5-3-4-6-11(10)21-14(24)15(16,17)18/h3-7H,1-2H3,(H,21,24). The van der Waals surface area contributed by atoms with Crippen molar-refractivity contribution in [2.75, 3.05) is 5.32 Å². The van der Waals surface area contributed by atoms with Gasteiger partial charge in [-0.15, -0.1) is 0 Å². The van der Waals surface area contributed by atoms with Gasteiger partial charge in [-0.05, 0) is 26.0 Å². The van der Waals surface area contributed by atoms with Gasteiger partial charge in [0.25, 0.3) is 0 Å². The fourth-order valence-electron chi connectivity index (χ4n) is 2.26. The third-order valence-corrected chi connectivity index (χ3v) is 3.37. The van der Waals surface area contributed by atoms with Crippen LogP contribution in [0.25, 0.3) is 16.9 Å². The summed E-state index contributed by atoms with van der Waals surface area (Å²) >= 11 is 0. The fourth-order valence-corrected chi connectivity index (χ4v) is 2.26. The molecule has 0 spiro atoms. The lowest BCUT2D eigenvalue weighted by molar-refractivity contribution is -0.167. The molecule has 3 rings (SSSR count). The minimum absolute atomic E-state index is 0.00277. The Labute approximate surface area is 134 Å². The van der Waals surface area contributed by atoms with Crippen molar-refractivity contribution in [3.05, 3.63) is 42.0 Å². The molecule has 2 aromatic heterocycles. The Bertz CT molecular complexity index is 932. The minimum Gasteiger partial charge on any atom is -0.318 e. The van der Waals surface area contributed by atoms with Crippen molar-refractivity contribution in [1.29, 1.82) is 0 Å². The lowest BCUT2D eigenvalue weighted by Gasteiger charge is -2.11. The van der Waals surface area contributed by atoms with E-state index in [1.54, 1.807) is 32.2 Å². The van der Waals surface area contributed by atoms with Gasteiger partial charge in [-0.2, -0.15) is 18.3 Å². The second-order valence-electron chi connectivity index (χ2n) is 5.12. The van der Waals surface area contributed by atoms with Crippen LogP contribution in [-0.2, 0) is 4.79 Å². The van der Waals surface area contributed by atoms with Crippen LogP contribution >= 0.6 is 0 Å². The molecule has 3 aromatic rings. The summed E-state index contributed by atoms with van der Waals surface area (Å²) in [5, 5.41) is 6.13. The Morgan fingerprint density at radius 1 is 1.21 bits per heavy atom. The summed E-state index contributed by atoms with van der Waals surface area (Å²) in [4.78, 5) is 19.7. The molecule has 1 aromatic carbocycles. The highest BCUT2D eigenvalue weighted by Gasteiger charge is 2.39. The molecule has 0 radical (unpaired) electrons. The number of aryl methyl sites for hydroxylation is 2. The Morgan fingerprint density at radius 2 is 1.92 bits per heavy atom. The van der Waals surface area contributed by atoms with Gasteiger partial charge in [0.15, 0.2) is 5.82 Å². The number of hydrogen-bond donors (Lipinski definition) is 1. The first kappa shape index (κ1) is 15.9. The fraction of sp³-hybridized carbons (Fsp3) is 0.200. The van der Waals surface area contributed by atoms with Crippen LogP contribution in [0.4, 0.5) is 18.9 Å². The number of alkyl halides is 3. The maximum absolute atomic E-state index is 12.5. The average Bonchev–Trinajstić information content (AvgIpc) is 2.83. The third kappa shape index (κ3) is 2.80. The van der Waals surface area contributed by atoms with Gasteiger partial charge < -0.3 is 5.32 Å². The summed E-state index contributed by atoms with van der Waals surface area (Å²) in [6, 6.07) is 6.11. The molecule has 1 amide bonds. The highest BCUT2D eigenvalue weighted by atomic mass is 19.4. The first-order chi connectivity index (χ1) is 11.3. The van der Waals surface area contributed by atoms with Gasteiger partial charge >= 0.3 is 12.1 Å². The van der Waals surface area contributed by atoms with Crippen LogP contribution in [0.15, 0.2) is 30.5 Å². The van der Waals surface area contributed by atoms with Gasteiger partial charge in [-0.3, -0.25) is 4.79 Å². The molecule has 0 unspecified atom stereocenters. The van der Waals surface area contributed by atoms with E-state index in [0.717, 1.165) is 0 Å². The molecule has 1 N–H and O–H groups in total. The maximum atomic E-state index is 12.5. The number of rotatable bonds is 2. The largest absolute Gasteiger partial charge is 0.471 e. The summed E-state index contributed by atoms with van der Waals surface area (Å²) in [6.07, 6.45) is -3.39.